The van der Waals surface area contributed by atoms with Crippen molar-refractivity contribution in [3.8, 4) is 0 Å². The van der Waals surface area contributed by atoms with Crippen LogP contribution in [0.1, 0.15) is 54.9 Å². The van der Waals surface area contributed by atoms with Gasteiger partial charge in [0, 0.05) is 23.5 Å². The third kappa shape index (κ3) is 3.64. The van der Waals surface area contributed by atoms with Crippen molar-refractivity contribution in [3.63, 3.8) is 0 Å². The van der Waals surface area contributed by atoms with Crippen LogP contribution in [0.4, 0.5) is 0 Å². The van der Waals surface area contributed by atoms with E-state index in [4.69, 9.17) is 4.74 Å². The fourth-order valence-electron chi connectivity index (χ4n) is 4.34. The maximum atomic E-state index is 13.2. The lowest BCUT2D eigenvalue weighted by Crippen LogP contribution is -2.56. The van der Waals surface area contributed by atoms with Crippen LogP contribution in [-0.4, -0.2) is 58.7 Å². The molecule has 0 unspecified atom stereocenters. The molecule has 1 aromatic rings. The largest absolute Gasteiger partial charge is 0.376 e. The monoisotopic (exact) mass is 417 g/mol. The van der Waals surface area contributed by atoms with Crippen molar-refractivity contribution in [3.05, 3.63) is 35.4 Å². The van der Waals surface area contributed by atoms with E-state index < -0.39 is 16.8 Å². The number of hydrogen-bond acceptors (Lipinski definition) is 5. The van der Waals surface area contributed by atoms with E-state index in [9.17, 15) is 14.4 Å². The van der Waals surface area contributed by atoms with Crippen LogP contribution in [-0.2, 0) is 14.3 Å². The van der Waals surface area contributed by atoms with Gasteiger partial charge in [0.25, 0.3) is 5.91 Å². The van der Waals surface area contributed by atoms with E-state index in [0.29, 0.717) is 12.1 Å². The first-order chi connectivity index (χ1) is 13.8. The number of rotatable bonds is 5. The molecule has 0 aromatic heterocycles. The summed E-state index contributed by atoms with van der Waals surface area (Å²) in [6.45, 7) is 6.78. The summed E-state index contributed by atoms with van der Waals surface area (Å²) in [5.41, 5.74) is 1.61. The number of carbonyl (C=O) groups is 3. The zero-order valence-corrected chi connectivity index (χ0v) is 17.8. The molecule has 8 heteroatoms. The van der Waals surface area contributed by atoms with Crippen molar-refractivity contribution in [1.29, 1.82) is 0 Å². The molecule has 3 aliphatic heterocycles. The van der Waals surface area contributed by atoms with Crippen LogP contribution < -0.4 is 10.6 Å². The highest BCUT2D eigenvalue weighted by molar-refractivity contribution is 8.01. The lowest BCUT2D eigenvalue weighted by Gasteiger charge is -2.30. The van der Waals surface area contributed by atoms with Gasteiger partial charge < -0.3 is 20.3 Å². The number of carbonyl (C=O) groups excluding carboxylic acids is 3. The number of benzene rings is 1. The van der Waals surface area contributed by atoms with Gasteiger partial charge in [-0.1, -0.05) is 18.2 Å². The van der Waals surface area contributed by atoms with Gasteiger partial charge in [-0.05, 0) is 45.2 Å². The minimum Gasteiger partial charge on any atom is -0.376 e. The minimum absolute atomic E-state index is 0.0495. The number of amides is 3. The van der Waals surface area contributed by atoms with Crippen LogP contribution in [0.3, 0.4) is 0 Å². The van der Waals surface area contributed by atoms with Crippen molar-refractivity contribution in [2.45, 2.75) is 61.9 Å². The molecule has 0 radical (unpaired) electrons. The van der Waals surface area contributed by atoms with Crippen LogP contribution in [0.5, 0.6) is 0 Å². The Balaban J connectivity index is 1.43. The van der Waals surface area contributed by atoms with Gasteiger partial charge in [0.1, 0.15) is 17.5 Å². The number of nitrogens with zero attached hydrogens (tertiary/aromatic N) is 1. The molecule has 3 heterocycles. The zero-order chi connectivity index (χ0) is 20.8. The van der Waals surface area contributed by atoms with Gasteiger partial charge in [-0.3, -0.25) is 14.4 Å². The van der Waals surface area contributed by atoms with Gasteiger partial charge in [0.2, 0.25) is 11.8 Å². The van der Waals surface area contributed by atoms with E-state index in [1.54, 1.807) is 29.7 Å². The Hall–Kier alpha value is -2.06. The normalized spacial score (nSPS) is 28.0. The summed E-state index contributed by atoms with van der Waals surface area (Å²) in [5.74, 6) is -0.671. The molecule has 7 nitrogen and oxygen atoms in total. The molecule has 29 heavy (non-hydrogen) atoms. The lowest BCUT2D eigenvalue weighted by molar-refractivity contribution is -0.131. The average Bonchev–Trinajstić information content (AvgIpc) is 3.36. The number of nitrogens with one attached hydrogen (secondary N) is 2. The first kappa shape index (κ1) is 20.2. The SMILES string of the molecule is C[C@H](NC(=O)[C@H]1N2C(=O)c3ccccc3[C@@H]2SC1(C)C)C(=O)NC[C@@H]1CCCO1. The summed E-state index contributed by atoms with van der Waals surface area (Å²) >= 11 is 1.61. The smallest absolute Gasteiger partial charge is 0.256 e. The van der Waals surface area contributed by atoms with Crippen LogP contribution in [0.25, 0.3) is 0 Å². The minimum atomic E-state index is -0.691. The second-order valence-electron chi connectivity index (χ2n) is 8.39. The second-order valence-corrected chi connectivity index (χ2v) is 10.1. The number of ether oxygens (including phenoxy) is 1. The second kappa shape index (κ2) is 7.65. The summed E-state index contributed by atoms with van der Waals surface area (Å²) in [5, 5.41) is 5.49. The molecule has 0 aliphatic carbocycles. The Bertz CT molecular complexity index is 837. The Labute approximate surface area is 174 Å². The van der Waals surface area contributed by atoms with E-state index in [0.717, 1.165) is 25.0 Å². The highest BCUT2D eigenvalue weighted by Crippen LogP contribution is 2.56. The molecule has 1 aromatic carbocycles. The molecule has 4 atom stereocenters. The highest BCUT2D eigenvalue weighted by Gasteiger charge is 2.57. The van der Waals surface area contributed by atoms with E-state index in [1.807, 2.05) is 32.0 Å². The molecule has 2 N–H and O–H groups in total. The standard InChI is InChI=1S/C21H27N3O4S/c1-12(17(25)22-11-13-7-6-10-28-13)23-18(26)16-21(2,3)29-20-15-9-5-4-8-14(15)19(27)24(16)20/h4-5,8-9,12-13,16,20H,6-7,10-11H2,1-3H3,(H,22,25)(H,23,26)/t12-,13-,16+,20-/m0/s1. The Morgan fingerprint density at radius 1 is 1.34 bits per heavy atom. The van der Waals surface area contributed by atoms with Crippen molar-refractivity contribution < 1.29 is 19.1 Å². The molecule has 0 saturated carbocycles. The molecule has 0 spiro atoms. The molecule has 2 fully saturated rings. The van der Waals surface area contributed by atoms with E-state index in [2.05, 4.69) is 10.6 Å². The van der Waals surface area contributed by atoms with E-state index >= 15 is 0 Å². The number of hydrogen-bond donors (Lipinski definition) is 2. The predicted molar refractivity (Wildman–Crippen MR) is 110 cm³/mol. The summed E-state index contributed by atoms with van der Waals surface area (Å²) in [6.07, 6.45) is 2.00. The van der Waals surface area contributed by atoms with E-state index in [1.165, 1.54) is 0 Å². The Kier molecular flexibility index (Phi) is 5.33. The maximum Gasteiger partial charge on any atom is 0.256 e. The zero-order valence-electron chi connectivity index (χ0n) is 16.9. The van der Waals surface area contributed by atoms with E-state index in [-0.39, 0.29) is 29.2 Å². The first-order valence-electron chi connectivity index (χ1n) is 10.1. The Morgan fingerprint density at radius 2 is 2.10 bits per heavy atom. The number of fused-ring (bicyclic) bond motifs is 3. The van der Waals surface area contributed by atoms with Gasteiger partial charge in [0.05, 0.1) is 6.10 Å². The van der Waals surface area contributed by atoms with Crippen LogP contribution >= 0.6 is 11.8 Å². The average molecular weight is 418 g/mol. The van der Waals surface area contributed by atoms with Crippen molar-refractivity contribution in [2.24, 2.45) is 0 Å². The molecule has 3 aliphatic rings. The maximum absolute atomic E-state index is 13.2. The third-order valence-electron chi connectivity index (χ3n) is 5.82. The van der Waals surface area contributed by atoms with Crippen molar-refractivity contribution in [1.82, 2.24) is 15.5 Å². The van der Waals surface area contributed by atoms with Crippen molar-refractivity contribution in [2.75, 3.05) is 13.2 Å². The molecule has 156 valence electrons. The summed E-state index contributed by atoms with van der Waals surface area (Å²) < 4.78 is 5.05. The van der Waals surface area contributed by atoms with Gasteiger partial charge in [-0.15, -0.1) is 11.8 Å². The highest BCUT2D eigenvalue weighted by atomic mass is 32.2. The van der Waals surface area contributed by atoms with Crippen LogP contribution in [0.2, 0.25) is 0 Å². The first-order valence-corrected chi connectivity index (χ1v) is 11.0. The van der Waals surface area contributed by atoms with Crippen LogP contribution in [0, 0.1) is 0 Å². The predicted octanol–water partition coefficient (Wildman–Crippen LogP) is 1.83. The fourth-order valence-corrected chi connectivity index (χ4v) is 5.92. The summed E-state index contributed by atoms with van der Waals surface area (Å²) in [7, 11) is 0. The molecule has 3 amide bonds. The summed E-state index contributed by atoms with van der Waals surface area (Å²) in [6, 6.07) is 6.17. The quantitative estimate of drug-likeness (QED) is 0.763. The third-order valence-corrected chi connectivity index (χ3v) is 7.36. The topological polar surface area (TPSA) is 87.7 Å². The summed E-state index contributed by atoms with van der Waals surface area (Å²) in [4.78, 5) is 40.2. The van der Waals surface area contributed by atoms with Gasteiger partial charge in [-0.25, -0.2) is 0 Å². The molecule has 2 saturated heterocycles. The molecule has 0 bridgehead atoms. The van der Waals surface area contributed by atoms with Gasteiger partial charge in [-0.2, -0.15) is 0 Å². The van der Waals surface area contributed by atoms with Crippen LogP contribution in [0.15, 0.2) is 24.3 Å². The van der Waals surface area contributed by atoms with Gasteiger partial charge >= 0.3 is 0 Å². The molecular weight excluding hydrogens is 390 g/mol. The number of thioether (sulfide) groups is 1. The molecular formula is C21H27N3O4S. The molecule has 4 rings (SSSR count). The Morgan fingerprint density at radius 3 is 2.83 bits per heavy atom. The fraction of sp³-hybridized carbons (Fsp3) is 0.571. The van der Waals surface area contributed by atoms with Crippen molar-refractivity contribution >= 4 is 29.5 Å². The van der Waals surface area contributed by atoms with Gasteiger partial charge in [0.15, 0.2) is 0 Å². The lowest BCUT2D eigenvalue weighted by atomic mass is 10.0.